The fourth-order valence-corrected chi connectivity index (χ4v) is 4.36. The van der Waals surface area contributed by atoms with Crippen molar-refractivity contribution in [2.24, 2.45) is 5.92 Å². The summed E-state index contributed by atoms with van der Waals surface area (Å²) in [7, 11) is 1.58. The van der Waals surface area contributed by atoms with E-state index in [1.54, 1.807) is 31.4 Å². The van der Waals surface area contributed by atoms with Crippen molar-refractivity contribution in [1.29, 1.82) is 0 Å². The van der Waals surface area contributed by atoms with E-state index in [9.17, 15) is 14.4 Å². The number of hydrogen-bond donors (Lipinski definition) is 1. The molecule has 0 aromatic heterocycles. The molecular formula is C23H33N3O4. The molecule has 0 bridgehead atoms. The average Bonchev–Trinajstić information content (AvgIpc) is 2.82. The van der Waals surface area contributed by atoms with Gasteiger partial charge in [0.05, 0.1) is 7.11 Å². The Morgan fingerprint density at radius 3 is 2.20 bits per heavy atom. The normalized spacial score (nSPS) is 18.6. The van der Waals surface area contributed by atoms with Crippen LogP contribution >= 0.6 is 0 Å². The van der Waals surface area contributed by atoms with E-state index < -0.39 is 6.04 Å². The van der Waals surface area contributed by atoms with E-state index in [2.05, 4.69) is 5.32 Å². The predicted molar refractivity (Wildman–Crippen MR) is 114 cm³/mol. The minimum absolute atomic E-state index is 0.0110. The molecule has 2 aliphatic rings. The lowest BCUT2D eigenvalue weighted by molar-refractivity contribution is -0.136. The first-order chi connectivity index (χ1) is 14.5. The van der Waals surface area contributed by atoms with E-state index in [4.69, 9.17) is 4.74 Å². The number of nitrogens with one attached hydrogen (secondary N) is 1. The van der Waals surface area contributed by atoms with Gasteiger partial charge in [-0.25, -0.2) is 0 Å². The minimum atomic E-state index is -0.559. The number of hydrogen-bond acceptors (Lipinski definition) is 4. The van der Waals surface area contributed by atoms with Gasteiger partial charge in [-0.05, 0) is 62.3 Å². The molecule has 7 nitrogen and oxygen atoms in total. The van der Waals surface area contributed by atoms with Crippen LogP contribution in [0.15, 0.2) is 24.3 Å². The van der Waals surface area contributed by atoms with Gasteiger partial charge in [0.1, 0.15) is 11.8 Å². The highest BCUT2D eigenvalue weighted by Crippen LogP contribution is 2.24. The number of amides is 3. The summed E-state index contributed by atoms with van der Waals surface area (Å²) in [6.45, 7) is 4.65. The summed E-state index contributed by atoms with van der Waals surface area (Å²) in [5.74, 6) is 0.620. The Kier molecular flexibility index (Phi) is 7.71. The molecule has 7 heteroatoms. The SMILES string of the molecule is CCC(=O)N1CCC([C@H](NC(=O)c2ccc(OC)cc2)C(=O)N2CCCCC2)CC1. The Morgan fingerprint density at radius 1 is 1.00 bits per heavy atom. The fourth-order valence-electron chi connectivity index (χ4n) is 4.36. The van der Waals surface area contributed by atoms with E-state index >= 15 is 0 Å². The lowest BCUT2D eigenvalue weighted by Gasteiger charge is -2.38. The van der Waals surface area contributed by atoms with Crippen molar-refractivity contribution in [3.05, 3.63) is 29.8 Å². The second-order valence-electron chi connectivity index (χ2n) is 8.14. The maximum atomic E-state index is 13.3. The maximum absolute atomic E-state index is 13.3. The third-order valence-electron chi connectivity index (χ3n) is 6.24. The fraction of sp³-hybridized carbons (Fsp3) is 0.609. The summed E-state index contributed by atoms with van der Waals surface area (Å²) in [5.41, 5.74) is 0.505. The van der Waals surface area contributed by atoms with Crippen molar-refractivity contribution < 1.29 is 19.1 Å². The number of benzene rings is 1. The predicted octanol–water partition coefficient (Wildman–Crippen LogP) is 2.45. The van der Waals surface area contributed by atoms with Crippen molar-refractivity contribution in [3.8, 4) is 5.75 Å². The molecule has 1 atom stereocenters. The molecule has 2 aliphatic heterocycles. The number of rotatable bonds is 6. The Hall–Kier alpha value is -2.57. The summed E-state index contributed by atoms with van der Waals surface area (Å²) in [6, 6.07) is 6.34. The Labute approximate surface area is 178 Å². The molecule has 0 unspecified atom stereocenters. The number of ether oxygens (including phenoxy) is 1. The van der Waals surface area contributed by atoms with Crippen LogP contribution in [-0.2, 0) is 9.59 Å². The second kappa shape index (κ2) is 10.5. The number of nitrogens with zero attached hydrogens (tertiary/aromatic N) is 2. The third kappa shape index (κ3) is 5.32. The van der Waals surface area contributed by atoms with E-state index in [-0.39, 0.29) is 23.6 Å². The number of methoxy groups -OCH3 is 1. The lowest BCUT2D eigenvalue weighted by Crippen LogP contribution is -2.55. The first kappa shape index (κ1) is 22.1. The molecule has 1 aromatic rings. The molecule has 164 valence electrons. The number of likely N-dealkylation sites (tertiary alicyclic amines) is 2. The molecule has 1 aromatic carbocycles. The molecule has 30 heavy (non-hydrogen) atoms. The minimum Gasteiger partial charge on any atom is -0.497 e. The van der Waals surface area contributed by atoms with Crippen LogP contribution in [0.25, 0.3) is 0 Å². The van der Waals surface area contributed by atoms with Gasteiger partial charge in [0.2, 0.25) is 11.8 Å². The van der Waals surface area contributed by atoms with Crippen molar-refractivity contribution >= 4 is 17.7 Å². The van der Waals surface area contributed by atoms with Crippen LogP contribution in [0.4, 0.5) is 0 Å². The molecule has 2 saturated heterocycles. The van der Waals surface area contributed by atoms with Gasteiger partial charge in [0.15, 0.2) is 0 Å². The highest BCUT2D eigenvalue weighted by Gasteiger charge is 2.36. The van der Waals surface area contributed by atoms with Crippen LogP contribution in [0.5, 0.6) is 5.75 Å². The molecule has 0 radical (unpaired) electrons. The number of carbonyl (C=O) groups is 3. The van der Waals surface area contributed by atoms with Crippen molar-refractivity contribution in [2.45, 2.75) is 51.5 Å². The third-order valence-corrected chi connectivity index (χ3v) is 6.24. The summed E-state index contributed by atoms with van der Waals surface area (Å²) in [6.07, 6.45) is 5.10. The topological polar surface area (TPSA) is 79.0 Å². The van der Waals surface area contributed by atoms with Gasteiger partial charge < -0.3 is 19.9 Å². The quantitative estimate of drug-likeness (QED) is 0.774. The van der Waals surface area contributed by atoms with E-state index in [0.717, 1.165) is 45.2 Å². The van der Waals surface area contributed by atoms with Crippen LogP contribution in [0, 0.1) is 5.92 Å². The first-order valence-electron chi connectivity index (χ1n) is 11.0. The van der Waals surface area contributed by atoms with E-state index in [0.29, 0.717) is 30.8 Å². The molecule has 3 amide bonds. The monoisotopic (exact) mass is 415 g/mol. The van der Waals surface area contributed by atoms with Gasteiger partial charge in [-0.3, -0.25) is 14.4 Å². The molecule has 0 aliphatic carbocycles. The van der Waals surface area contributed by atoms with Crippen LogP contribution in [-0.4, -0.2) is 66.9 Å². The van der Waals surface area contributed by atoms with Crippen molar-refractivity contribution in [3.63, 3.8) is 0 Å². The zero-order chi connectivity index (χ0) is 21.5. The lowest BCUT2D eigenvalue weighted by atomic mass is 9.87. The van der Waals surface area contributed by atoms with Crippen LogP contribution in [0.1, 0.15) is 55.8 Å². The molecule has 1 N–H and O–H groups in total. The van der Waals surface area contributed by atoms with Crippen LogP contribution < -0.4 is 10.1 Å². The Balaban J connectivity index is 1.72. The van der Waals surface area contributed by atoms with E-state index in [1.165, 1.54) is 0 Å². The van der Waals surface area contributed by atoms with Gasteiger partial charge >= 0.3 is 0 Å². The standard InChI is InChI=1S/C23H33N3O4/c1-3-20(27)25-15-11-17(12-16-25)21(23(29)26-13-5-4-6-14-26)24-22(28)18-7-9-19(30-2)10-8-18/h7-10,17,21H,3-6,11-16H2,1-2H3,(H,24,28)/t21-/m0/s1. The highest BCUT2D eigenvalue weighted by molar-refractivity contribution is 5.97. The number of carbonyl (C=O) groups excluding carboxylic acids is 3. The summed E-state index contributed by atoms with van der Waals surface area (Å²) >= 11 is 0. The van der Waals surface area contributed by atoms with Gasteiger partial charge in [-0.2, -0.15) is 0 Å². The second-order valence-corrected chi connectivity index (χ2v) is 8.14. The van der Waals surface area contributed by atoms with E-state index in [1.807, 2.05) is 16.7 Å². The molecule has 2 heterocycles. The van der Waals surface area contributed by atoms with Gasteiger partial charge in [-0.15, -0.1) is 0 Å². The Morgan fingerprint density at radius 2 is 1.63 bits per heavy atom. The summed E-state index contributed by atoms with van der Waals surface area (Å²) in [4.78, 5) is 42.0. The largest absolute Gasteiger partial charge is 0.497 e. The molecule has 3 rings (SSSR count). The summed E-state index contributed by atoms with van der Waals surface area (Å²) < 4.78 is 5.16. The Bertz CT molecular complexity index is 735. The zero-order valence-electron chi connectivity index (χ0n) is 18.1. The molecule has 2 fully saturated rings. The zero-order valence-corrected chi connectivity index (χ0v) is 18.1. The highest BCUT2D eigenvalue weighted by atomic mass is 16.5. The van der Waals surface area contributed by atoms with Crippen molar-refractivity contribution in [2.75, 3.05) is 33.3 Å². The first-order valence-corrected chi connectivity index (χ1v) is 11.0. The van der Waals surface area contributed by atoms with Gasteiger partial charge in [-0.1, -0.05) is 6.92 Å². The van der Waals surface area contributed by atoms with Gasteiger partial charge in [0, 0.05) is 38.2 Å². The average molecular weight is 416 g/mol. The smallest absolute Gasteiger partial charge is 0.251 e. The molecule has 0 spiro atoms. The molecule has 0 saturated carbocycles. The molecular weight excluding hydrogens is 382 g/mol. The maximum Gasteiger partial charge on any atom is 0.251 e. The van der Waals surface area contributed by atoms with Crippen LogP contribution in [0.2, 0.25) is 0 Å². The van der Waals surface area contributed by atoms with Crippen LogP contribution in [0.3, 0.4) is 0 Å². The number of piperidine rings is 2. The summed E-state index contributed by atoms with van der Waals surface area (Å²) in [5, 5.41) is 3.02. The van der Waals surface area contributed by atoms with Crippen molar-refractivity contribution in [1.82, 2.24) is 15.1 Å². The van der Waals surface area contributed by atoms with Gasteiger partial charge in [0.25, 0.3) is 5.91 Å².